The first kappa shape index (κ1) is 18.1. The Kier molecular flexibility index (Phi) is 7.93. The summed E-state index contributed by atoms with van der Waals surface area (Å²) in [5.74, 6) is 0. The van der Waals surface area contributed by atoms with Gasteiger partial charge in [-0.3, -0.25) is 0 Å². The van der Waals surface area contributed by atoms with E-state index in [1.807, 2.05) is 26.0 Å². The Morgan fingerprint density at radius 2 is 1.76 bits per heavy atom. The molecule has 0 aromatic heterocycles. The van der Waals surface area contributed by atoms with Gasteiger partial charge in [-0.1, -0.05) is 45.2 Å². The van der Waals surface area contributed by atoms with Gasteiger partial charge in [-0.15, -0.1) is 0 Å². The zero-order chi connectivity index (χ0) is 15.7. The van der Waals surface area contributed by atoms with Gasteiger partial charge >= 0.3 is 0 Å². The summed E-state index contributed by atoms with van der Waals surface area (Å²) in [6.45, 7) is 7.77. The lowest BCUT2D eigenvalue weighted by Crippen LogP contribution is -2.32. The summed E-state index contributed by atoms with van der Waals surface area (Å²) >= 11 is 0. The maximum atomic E-state index is 12.3. The molecule has 0 saturated heterocycles. The number of nitrogens with one attached hydrogen (secondary N) is 2. The third-order valence-corrected chi connectivity index (χ3v) is 5.02. The SMILES string of the molecule is CCCCCC(C)NS(=O)(=O)c1ccc(CNCC)cc1. The summed E-state index contributed by atoms with van der Waals surface area (Å²) in [5, 5.41) is 3.22. The number of sulfonamides is 1. The van der Waals surface area contributed by atoms with Crippen molar-refractivity contribution in [2.75, 3.05) is 6.54 Å². The van der Waals surface area contributed by atoms with Crippen LogP contribution in [0.4, 0.5) is 0 Å². The molecule has 0 radical (unpaired) electrons. The fourth-order valence-corrected chi connectivity index (χ4v) is 3.43. The topological polar surface area (TPSA) is 58.2 Å². The Hall–Kier alpha value is -0.910. The third-order valence-electron chi connectivity index (χ3n) is 3.41. The van der Waals surface area contributed by atoms with Gasteiger partial charge in [-0.2, -0.15) is 0 Å². The largest absolute Gasteiger partial charge is 0.313 e. The van der Waals surface area contributed by atoms with Gasteiger partial charge in [0.15, 0.2) is 0 Å². The molecule has 4 nitrogen and oxygen atoms in total. The molecule has 1 aromatic rings. The zero-order valence-electron chi connectivity index (χ0n) is 13.4. The molecule has 0 heterocycles. The first-order chi connectivity index (χ1) is 9.99. The Labute approximate surface area is 129 Å². The van der Waals surface area contributed by atoms with Gasteiger partial charge in [-0.25, -0.2) is 13.1 Å². The van der Waals surface area contributed by atoms with E-state index in [2.05, 4.69) is 17.0 Å². The first-order valence-corrected chi connectivity index (χ1v) is 9.30. The van der Waals surface area contributed by atoms with E-state index in [9.17, 15) is 8.42 Å². The highest BCUT2D eigenvalue weighted by atomic mass is 32.2. The van der Waals surface area contributed by atoms with Crippen LogP contribution in [-0.2, 0) is 16.6 Å². The minimum Gasteiger partial charge on any atom is -0.313 e. The van der Waals surface area contributed by atoms with Gasteiger partial charge in [0.05, 0.1) is 4.90 Å². The monoisotopic (exact) mass is 312 g/mol. The molecule has 1 rings (SSSR count). The molecule has 21 heavy (non-hydrogen) atoms. The molecular formula is C16H28N2O2S. The lowest BCUT2D eigenvalue weighted by atomic mass is 10.1. The van der Waals surface area contributed by atoms with Crippen LogP contribution >= 0.6 is 0 Å². The van der Waals surface area contributed by atoms with Crippen molar-refractivity contribution >= 4 is 10.0 Å². The highest BCUT2D eigenvalue weighted by Crippen LogP contribution is 2.12. The predicted molar refractivity (Wildman–Crippen MR) is 87.7 cm³/mol. The van der Waals surface area contributed by atoms with Crippen molar-refractivity contribution in [3.05, 3.63) is 29.8 Å². The second-order valence-corrected chi connectivity index (χ2v) is 7.16. The molecular weight excluding hydrogens is 284 g/mol. The van der Waals surface area contributed by atoms with E-state index in [4.69, 9.17) is 0 Å². The minimum absolute atomic E-state index is 0.0250. The third kappa shape index (κ3) is 6.59. The van der Waals surface area contributed by atoms with Gasteiger partial charge in [-0.05, 0) is 37.6 Å². The maximum absolute atomic E-state index is 12.3. The highest BCUT2D eigenvalue weighted by molar-refractivity contribution is 7.89. The Balaban J connectivity index is 2.61. The lowest BCUT2D eigenvalue weighted by molar-refractivity contribution is 0.527. The summed E-state index contributed by atoms with van der Waals surface area (Å²) in [6.07, 6.45) is 4.23. The lowest BCUT2D eigenvalue weighted by Gasteiger charge is -2.14. The standard InChI is InChI=1S/C16H28N2O2S/c1-4-6-7-8-14(3)18-21(19,20)16-11-9-15(10-12-16)13-17-5-2/h9-12,14,17-18H,4-8,13H2,1-3H3. The fourth-order valence-electron chi connectivity index (χ4n) is 2.15. The number of rotatable bonds is 10. The van der Waals surface area contributed by atoms with Crippen LogP contribution in [0.5, 0.6) is 0 Å². The van der Waals surface area contributed by atoms with Crippen LogP contribution in [0.3, 0.4) is 0 Å². The number of unbranched alkanes of at least 4 members (excludes halogenated alkanes) is 2. The molecule has 0 spiro atoms. The molecule has 0 aliphatic heterocycles. The Bertz CT molecular complexity index is 498. The van der Waals surface area contributed by atoms with Crippen LogP contribution in [0, 0.1) is 0 Å². The summed E-state index contributed by atoms with van der Waals surface area (Å²) in [5.41, 5.74) is 1.09. The fraction of sp³-hybridized carbons (Fsp3) is 0.625. The summed E-state index contributed by atoms with van der Waals surface area (Å²) < 4.78 is 27.3. The van der Waals surface area contributed by atoms with E-state index in [0.717, 1.165) is 44.3 Å². The molecule has 2 N–H and O–H groups in total. The van der Waals surface area contributed by atoms with Crippen molar-refractivity contribution < 1.29 is 8.42 Å². The molecule has 0 fully saturated rings. The smallest absolute Gasteiger partial charge is 0.240 e. The molecule has 1 atom stereocenters. The molecule has 1 aromatic carbocycles. The van der Waals surface area contributed by atoms with Gasteiger partial charge < -0.3 is 5.32 Å². The van der Waals surface area contributed by atoms with Gasteiger partial charge in [0.2, 0.25) is 10.0 Å². The van der Waals surface area contributed by atoms with Crippen molar-refractivity contribution in [1.29, 1.82) is 0 Å². The highest BCUT2D eigenvalue weighted by Gasteiger charge is 2.16. The maximum Gasteiger partial charge on any atom is 0.240 e. The van der Waals surface area contributed by atoms with Crippen molar-refractivity contribution in [2.45, 2.75) is 63.9 Å². The van der Waals surface area contributed by atoms with Crippen molar-refractivity contribution in [3.63, 3.8) is 0 Å². The molecule has 1 unspecified atom stereocenters. The summed E-state index contributed by atoms with van der Waals surface area (Å²) in [6, 6.07) is 7.04. The van der Waals surface area contributed by atoms with E-state index in [1.54, 1.807) is 12.1 Å². The van der Waals surface area contributed by atoms with E-state index in [-0.39, 0.29) is 6.04 Å². The van der Waals surface area contributed by atoms with Crippen molar-refractivity contribution in [1.82, 2.24) is 10.0 Å². The Morgan fingerprint density at radius 1 is 1.10 bits per heavy atom. The number of hydrogen-bond donors (Lipinski definition) is 2. The van der Waals surface area contributed by atoms with E-state index < -0.39 is 10.0 Å². The van der Waals surface area contributed by atoms with Crippen LogP contribution in [0.1, 0.15) is 52.0 Å². The second-order valence-electron chi connectivity index (χ2n) is 5.44. The molecule has 0 aliphatic rings. The molecule has 0 aliphatic carbocycles. The number of hydrogen-bond acceptors (Lipinski definition) is 3. The average molecular weight is 312 g/mol. The molecule has 0 amide bonds. The van der Waals surface area contributed by atoms with E-state index in [1.165, 1.54) is 0 Å². The molecule has 0 saturated carbocycles. The Morgan fingerprint density at radius 3 is 2.33 bits per heavy atom. The molecule has 0 bridgehead atoms. The van der Waals surface area contributed by atoms with Crippen LogP contribution in [0.2, 0.25) is 0 Å². The molecule has 120 valence electrons. The second kappa shape index (κ2) is 9.18. The quantitative estimate of drug-likeness (QED) is 0.653. The van der Waals surface area contributed by atoms with E-state index in [0.29, 0.717) is 4.90 Å². The predicted octanol–water partition coefficient (Wildman–Crippen LogP) is 3.04. The first-order valence-electron chi connectivity index (χ1n) is 7.81. The zero-order valence-corrected chi connectivity index (χ0v) is 14.2. The van der Waals surface area contributed by atoms with Crippen molar-refractivity contribution in [2.24, 2.45) is 0 Å². The minimum atomic E-state index is -3.40. The average Bonchev–Trinajstić information content (AvgIpc) is 2.45. The summed E-state index contributed by atoms with van der Waals surface area (Å²) in [4.78, 5) is 0.338. The van der Waals surface area contributed by atoms with Gasteiger partial charge in [0.25, 0.3) is 0 Å². The van der Waals surface area contributed by atoms with Gasteiger partial charge in [0.1, 0.15) is 0 Å². The van der Waals surface area contributed by atoms with Crippen LogP contribution in [0.15, 0.2) is 29.2 Å². The van der Waals surface area contributed by atoms with E-state index >= 15 is 0 Å². The van der Waals surface area contributed by atoms with Gasteiger partial charge in [0, 0.05) is 12.6 Å². The summed E-state index contributed by atoms with van der Waals surface area (Å²) in [7, 11) is -3.40. The van der Waals surface area contributed by atoms with Crippen LogP contribution < -0.4 is 10.0 Å². The van der Waals surface area contributed by atoms with Crippen molar-refractivity contribution in [3.8, 4) is 0 Å². The van der Waals surface area contributed by atoms with Crippen LogP contribution in [-0.4, -0.2) is 21.0 Å². The van der Waals surface area contributed by atoms with Crippen LogP contribution in [0.25, 0.3) is 0 Å². The molecule has 5 heteroatoms. The number of benzene rings is 1. The normalized spacial score (nSPS) is 13.3.